The van der Waals surface area contributed by atoms with Crippen molar-refractivity contribution in [2.45, 2.75) is 24.8 Å². The minimum Gasteiger partial charge on any atom is -0.372 e. The van der Waals surface area contributed by atoms with Gasteiger partial charge in [0.25, 0.3) is 0 Å². The molecule has 2 atom stereocenters. The Morgan fingerprint density at radius 1 is 0.793 bits per heavy atom. The number of benzene rings is 3. The molecule has 0 bridgehead atoms. The van der Waals surface area contributed by atoms with Gasteiger partial charge in [-0.3, -0.25) is 4.79 Å². The summed E-state index contributed by atoms with van der Waals surface area (Å²) in [6.45, 7) is 0. The van der Waals surface area contributed by atoms with Crippen molar-refractivity contribution < 1.29 is 9.18 Å². The first-order valence-corrected chi connectivity index (χ1v) is 9.88. The molecule has 1 aliphatic carbocycles. The number of anilines is 2. The van der Waals surface area contributed by atoms with E-state index in [9.17, 15) is 9.18 Å². The number of Topliss-reactive ketones (excluding diaryl/α,β-unsaturated/α-hetero) is 1. The molecule has 3 aromatic rings. The first-order valence-electron chi connectivity index (χ1n) is 9.88. The predicted molar refractivity (Wildman–Crippen MR) is 113 cm³/mol. The third kappa shape index (κ3) is 3.31. The quantitative estimate of drug-likeness (QED) is 0.586. The van der Waals surface area contributed by atoms with Gasteiger partial charge in [0.05, 0.1) is 17.4 Å². The molecule has 0 amide bonds. The summed E-state index contributed by atoms with van der Waals surface area (Å²) < 4.78 is 14.0. The van der Waals surface area contributed by atoms with E-state index in [1.807, 2.05) is 48.5 Å². The zero-order valence-electron chi connectivity index (χ0n) is 15.9. The second-order valence-electron chi connectivity index (χ2n) is 7.63. The van der Waals surface area contributed by atoms with E-state index < -0.39 is 0 Å². The van der Waals surface area contributed by atoms with Crippen LogP contribution in [-0.4, -0.2) is 5.78 Å². The predicted octanol–water partition coefficient (Wildman–Crippen LogP) is 5.81. The van der Waals surface area contributed by atoms with Crippen LogP contribution >= 0.6 is 0 Å². The molecule has 4 heteroatoms. The lowest BCUT2D eigenvalue weighted by molar-refractivity contribution is -0.116. The van der Waals surface area contributed by atoms with E-state index in [-0.39, 0.29) is 23.6 Å². The molecule has 0 unspecified atom stereocenters. The third-order valence-electron chi connectivity index (χ3n) is 5.76. The standard InChI is InChI=1S/C25H21FN2O/c26-19-10-6-9-17(13-19)25-24-22(27-20-11-4-5-12-21(20)28-25)14-18(15-23(24)29)16-7-2-1-3-8-16/h1-13,18,25,27-28H,14-15H2/t18-,25-/m1/s1. The molecule has 2 aliphatic rings. The van der Waals surface area contributed by atoms with Gasteiger partial charge in [0.2, 0.25) is 0 Å². The van der Waals surface area contributed by atoms with Gasteiger partial charge in [0.1, 0.15) is 5.82 Å². The summed E-state index contributed by atoms with van der Waals surface area (Å²) in [7, 11) is 0. The third-order valence-corrected chi connectivity index (χ3v) is 5.76. The Bertz CT molecular complexity index is 1110. The van der Waals surface area contributed by atoms with Crippen molar-refractivity contribution in [3.8, 4) is 0 Å². The molecule has 144 valence electrons. The van der Waals surface area contributed by atoms with E-state index in [0.29, 0.717) is 12.0 Å². The van der Waals surface area contributed by atoms with Crippen molar-refractivity contribution in [3.63, 3.8) is 0 Å². The second kappa shape index (κ2) is 7.21. The van der Waals surface area contributed by atoms with E-state index in [0.717, 1.165) is 29.1 Å². The number of ketones is 1. The molecule has 0 saturated heterocycles. The fourth-order valence-corrected chi connectivity index (χ4v) is 4.39. The fourth-order valence-electron chi connectivity index (χ4n) is 4.39. The van der Waals surface area contributed by atoms with Crippen molar-refractivity contribution in [1.29, 1.82) is 0 Å². The topological polar surface area (TPSA) is 41.1 Å². The van der Waals surface area contributed by atoms with Crippen LogP contribution in [0.4, 0.5) is 15.8 Å². The first kappa shape index (κ1) is 17.7. The largest absolute Gasteiger partial charge is 0.372 e. The van der Waals surface area contributed by atoms with Gasteiger partial charge in [0.15, 0.2) is 5.78 Å². The van der Waals surface area contributed by atoms with Gasteiger partial charge in [-0.2, -0.15) is 0 Å². The zero-order valence-corrected chi connectivity index (χ0v) is 15.9. The monoisotopic (exact) mass is 384 g/mol. The van der Waals surface area contributed by atoms with Crippen molar-refractivity contribution in [1.82, 2.24) is 0 Å². The lowest BCUT2D eigenvalue weighted by Gasteiger charge is -2.30. The van der Waals surface area contributed by atoms with Crippen LogP contribution in [0.1, 0.15) is 35.9 Å². The Kier molecular flexibility index (Phi) is 4.39. The maximum absolute atomic E-state index is 14.0. The van der Waals surface area contributed by atoms with Crippen molar-refractivity contribution in [2.24, 2.45) is 0 Å². The number of para-hydroxylation sites is 2. The van der Waals surface area contributed by atoms with Gasteiger partial charge in [-0.25, -0.2) is 4.39 Å². The smallest absolute Gasteiger partial charge is 0.163 e. The lowest BCUT2D eigenvalue weighted by Crippen LogP contribution is -2.26. The van der Waals surface area contributed by atoms with Gasteiger partial charge >= 0.3 is 0 Å². The summed E-state index contributed by atoms with van der Waals surface area (Å²) >= 11 is 0. The van der Waals surface area contributed by atoms with E-state index in [1.54, 1.807) is 6.07 Å². The number of carbonyl (C=O) groups is 1. The highest BCUT2D eigenvalue weighted by atomic mass is 19.1. The first-order chi connectivity index (χ1) is 14.2. The Morgan fingerprint density at radius 2 is 1.52 bits per heavy atom. The Balaban J connectivity index is 1.63. The molecule has 0 aromatic heterocycles. The van der Waals surface area contributed by atoms with E-state index in [2.05, 4.69) is 22.8 Å². The summed E-state index contributed by atoms with van der Waals surface area (Å²) in [5.74, 6) is -0.0714. The molecule has 0 saturated carbocycles. The Morgan fingerprint density at radius 3 is 2.31 bits per heavy atom. The molecular formula is C25H21FN2O. The molecule has 3 aromatic carbocycles. The molecule has 0 spiro atoms. The van der Waals surface area contributed by atoms with Gasteiger partial charge in [-0.05, 0) is 47.7 Å². The fraction of sp³-hybridized carbons (Fsp3) is 0.160. The molecule has 1 heterocycles. The van der Waals surface area contributed by atoms with Crippen LogP contribution in [0.2, 0.25) is 0 Å². The maximum Gasteiger partial charge on any atom is 0.163 e. The number of halogens is 1. The van der Waals surface area contributed by atoms with Crippen molar-refractivity contribution in [2.75, 3.05) is 10.6 Å². The molecule has 3 nitrogen and oxygen atoms in total. The Labute approximate surface area is 169 Å². The minimum atomic E-state index is -0.388. The number of rotatable bonds is 2. The number of nitrogens with one attached hydrogen (secondary N) is 2. The van der Waals surface area contributed by atoms with Crippen LogP contribution in [0.25, 0.3) is 0 Å². The van der Waals surface area contributed by atoms with E-state index >= 15 is 0 Å². The van der Waals surface area contributed by atoms with Crippen LogP contribution < -0.4 is 10.6 Å². The highest BCUT2D eigenvalue weighted by molar-refractivity contribution is 6.01. The SMILES string of the molecule is O=C1C[C@H](c2ccccc2)CC2=C1[C@@H](c1cccc(F)c1)Nc1ccccc1N2. The maximum atomic E-state index is 14.0. The van der Waals surface area contributed by atoms with Gasteiger partial charge in [-0.15, -0.1) is 0 Å². The summed E-state index contributed by atoms with van der Waals surface area (Å²) in [4.78, 5) is 13.4. The highest BCUT2D eigenvalue weighted by Gasteiger charge is 2.36. The molecule has 5 rings (SSSR count). The summed E-state index contributed by atoms with van der Waals surface area (Å²) in [6.07, 6.45) is 1.20. The Hall–Kier alpha value is -3.40. The van der Waals surface area contributed by atoms with Crippen LogP contribution in [0.5, 0.6) is 0 Å². The lowest BCUT2D eigenvalue weighted by atomic mass is 9.78. The molecule has 0 fully saturated rings. The molecule has 1 aliphatic heterocycles. The van der Waals surface area contributed by atoms with E-state index in [1.165, 1.54) is 17.7 Å². The summed E-state index contributed by atoms with van der Waals surface area (Å²) in [5.41, 5.74) is 5.38. The highest BCUT2D eigenvalue weighted by Crippen LogP contribution is 2.44. The zero-order chi connectivity index (χ0) is 19.8. The van der Waals surface area contributed by atoms with Gasteiger partial charge < -0.3 is 10.6 Å². The average Bonchev–Trinajstić information content (AvgIpc) is 2.91. The van der Waals surface area contributed by atoms with E-state index in [4.69, 9.17) is 0 Å². The van der Waals surface area contributed by atoms with Gasteiger partial charge in [0, 0.05) is 17.7 Å². The number of carbonyl (C=O) groups excluding carboxylic acids is 1. The second-order valence-corrected chi connectivity index (χ2v) is 7.63. The van der Waals surface area contributed by atoms with Crippen LogP contribution in [-0.2, 0) is 4.79 Å². The summed E-state index contributed by atoms with van der Waals surface area (Å²) in [6, 6.07) is 24.2. The molecule has 0 radical (unpaired) electrons. The molecule has 29 heavy (non-hydrogen) atoms. The number of hydrogen-bond donors (Lipinski definition) is 2. The van der Waals surface area contributed by atoms with Crippen LogP contribution in [0.15, 0.2) is 90.1 Å². The number of fused-ring (bicyclic) bond motifs is 1. The molecular weight excluding hydrogens is 363 g/mol. The molecule has 2 N–H and O–H groups in total. The van der Waals surface area contributed by atoms with Crippen molar-refractivity contribution in [3.05, 3.63) is 107 Å². The summed E-state index contributed by atoms with van der Waals surface area (Å²) in [5, 5.41) is 6.99. The van der Waals surface area contributed by atoms with Crippen LogP contribution in [0.3, 0.4) is 0 Å². The number of allylic oxidation sites excluding steroid dienone is 1. The van der Waals surface area contributed by atoms with Crippen molar-refractivity contribution >= 4 is 17.2 Å². The normalized spacial score (nSPS) is 20.8. The number of hydrogen-bond acceptors (Lipinski definition) is 3. The average molecular weight is 384 g/mol. The van der Waals surface area contributed by atoms with Crippen LogP contribution in [0, 0.1) is 5.82 Å². The minimum absolute atomic E-state index is 0.0992. The van der Waals surface area contributed by atoms with Gasteiger partial charge in [-0.1, -0.05) is 54.6 Å².